The van der Waals surface area contributed by atoms with Gasteiger partial charge in [-0.15, -0.1) is 0 Å². The summed E-state index contributed by atoms with van der Waals surface area (Å²) in [6.45, 7) is 3.31. The van der Waals surface area contributed by atoms with Crippen molar-refractivity contribution in [3.8, 4) is 0 Å². The van der Waals surface area contributed by atoms with Crippen LogP contribution in [0.1, 0.15) is 65.2 Å². The van der Waals surface area contributed by atoms with Gasteiger partial charge in [-0.2, -0.15) is 4.72 Å². The van der Waals surface area contributed by atoms with E-state index in [4.69, 9.17) is 5.11 Å². The highest BCUT2D eigenvalue weighted by Gasteiger charge is 2.55. The van der Waals surface area contributed by atoms with Gasteiger partial charge in [0.1, 0.15) is 0 Å². The smallest absolute Gasteiger partial charge is 0.303 e. The van der Waals surface area contributed by atoms with Gasteiger partial charge in [0.05, 0.1) is 10.4 Å². The Morgan fingerprint density at radius 3 is 2.29 bits per heavy atom. The van der Waals surface area contributed by atoms with Gasteiger partial charge in [0, 0.05) is 12.8 Å². The standard InChI is InChI=1S/C24H33NO5S/c1-23(2,25-31(29,30)19-6-4-3-5-7-19)21(26)12-20-17-10-16-11-18(20)15-24(13-16,14-17)9-8-22(27)28/h3-7,16-18,20,25H,8-15H2,1-2H3,(H,27,28). The fraction of sp³-hybridized carbons (Fsp3) is 0.667. The van der Waals surface area contributed by atoms with Crippen molar-refractivity contribution in [2.24, 2.45) is 29.1 Å². The second kappa shape index (κ2) is 8.00. The number of carboxylic acids is 1. The Bertz CT molecular complexity index is 939. The molecule has 5 rings (SSSR count). The van der Waals surface area contributed by atoms with Gasteiger partial charge in [0.15, 0.2) is 5.78 Å². The summed E-state index contributed by atoms with van der Waals surface area (Å²) in [5.74, 6) is 1.04. The summed E-state index contributed by atoms with van der Waals surface area (Å²) < 4.78 is 28.1. The number of hydrogen-bond donors (Lipinski definition) is 2. The van der Waals surface area contributed by atoms with Crippen molar-refractivity contribution < 1.29 is 23.1 Å². The third kappa shape index (κ3) is 4.58. The molecule has 0 heterocycles. The molecule has 4 aliphatic rings. The average Bonchev–Trinajstić information content (AvgIpc) is 2.68. The van der Waals surface area contributed by atoms with Gasteiger partial charge in [-0.25, -0.2) is 8.42 Å². The molecule has 170 valence electrons. The first-order valence-electron chi connectivity index (χ1n) is 11.3. The molecule has 4 bridgehead atoms. The lowest BCUT2D eigenvalue weighted by molar-refractivity contribution is -0.142. The number of nitrogens with one attached hydrogen (secondary N) is 1. The summed E-state index contributed by atoms with van der Waals surface area (Å²) in [4.78, 5) is 24.5. The Hall–Kier alpha value is -1.73. The first-order chi connectivity index (χ1) is 14.5. The summed E-state index contributed by atoms with van der Waals surface area (Å²) in [6.07, 6.45) is 6.78. The van der Waals surface area contributed by atoms with E-state index in [9.17, 15) is 18.0 Å². The van der Waals surface area contributed by atoms with Crippen LogP contribution >= 0.6 is 0 Å². The number of Topliss-reactive ketones (excluding diaryl/α,β-unsaturated/α-hetero) is 1. The van der Waals surface area contributed by atoms with Gasteiger partial charge >= 0.3 is 5.97 Å². The second-order valence-corrected chi connectivity index (χ2v) is 12.4. The minimum absolute atomic E-state index is 0.0657. The van der Waals surface area contributed by atoms with Crippen LogP contribution in [-0.2, 0) is 19.6 Å². The van der Waals surface area contributed by atoms with E-state index in [0.29, 0.717) is 24.2 Å². The molecule has 6 nitrogen and oxygen atoms in total. The van der Waals surface area contributed by atoms with Crippen LogP contribution in [0.5, 0.6) is 0 Å². The molecule has 4 aliphatic carbocycles. The summed E-state index contributed by atoms with van der Waals surface area (Å²) in [6, 6.07) is 8.13. The molecule has 0 radical (unpaired) electrons. The van der Waals surface area contributed by atoms with Crippen LogP contribution in [0, 0.1) is 29.1 Å². The predicted molar refractivity (Wildman–Crippen MR) is 117 cm³/mol. The Balaban J connectivity index is 1.44. The predicted octanol–water partition coefficient (Wildman–Crippen LogP) is 4.01. The van der Waals surface area contributed by atoms with Crippen LogP contribution in [0.2, 0.25) is 0 Å². The Morgan fingerprint density at radius 2 is 1.71 bits per heavy atom. The third-order valence-electron chi connectivity index (χ3n) is 8.03. The normalized spacial score (nSPS) is 32.2. The lowest BCUT2D eigenvalue weighted by Gasteiger charge is -2.60. The first kappa shape index (κ1) is 22.5. The number of ketones is 1. The van der Waals surface area contributed by atoms with Crippen LogP contribution in [0.4, 0.5) is 0 Å². The molecule has 1 aromatic carbocycles. The Morgan fingerprint density at radius 1 is 1.10 bits per heavy atom. The largest absolute Gasteiger partial charge is 0.481 e. The fourth-order valence-corrected chi connectivity index (χ4v) is 8.25. The lowest BCUT2D eigenvalue weighted by atomic mass is 9.44. The van der Waals surface area contributed by atoms with Gasteiger partial charge in [0.25, 0.3) is 0 Å². The van der Waals surface area contributed by atoms with Crippen molar-refractivity contribution in [2.75, 3.05) is 0 Å². The lowest BCUT2D eigenvalue weighted by Crippen LogP contribution is -2.54. The Kier molecular flexibility index (Phi) is 5.80. The number of aliphatic carboxylic acids is 1. The molecule has 2 atom stereocenters. The SMILES string of the molecule is CC(C)(NS(=O)(=O)c1ccccc1)C(=O)CC1C2CC3CC1CC(CCC(=O)O)(C3)C2. The summed E-state index contributed by atoms with van der Waals surface area (Å²) >= 11 is 0. The van der Waals surface area contributed by atoms with Gasteiger partial charge in [-0.3, -0.25) is 9.59 Å². The highest BCUT2D eigenvalue weighted by Crippen LogP contribution is 2.64. The fourth-order valence-electron chi connectivity index (χ4n) is 6.83. The number of carboxylic acid groups (broad SMARTS) is 1. The first-order valence-corrected chi connectivity index (χ1v) is 12.8. The summed E-state index contributed by atoms with van der Waals surface area (Å²) in [5.41, 5.74) is -1.04. The molecule has 0 aliphatic heterocycles. The summed E-state index contributed by atoms with van der Waals surface area (Å²) in [5, 5.41) is 9.15. The summed E-state index contributed by atoms with van der Waals surface area (Å²) in [7, 11) is -3.78. The molecule has 0 spiro atoms. The van der Waals surface area contributed by atoms with Crippen molar-refractivity contribution in [2.45, 2.75) is 75.6 Å². The number of carbonyl (C=O) groups excluding carboxylic acids is 1. The van der Waals surface area contributed by atoms with Crippen molar-refractivity contribution in [3.63, 3.8) is 0 Å². The maximum Gasteiger partial charge on any atom is 0.303 e. The van der Waals surface area contributed by atoms with Gasteiger partial charge in [0.2, 0.25) is 10.0 Å². The molecular weight excluding hydrogens is 414 g/mol. The minimum Gasteiger partial charge on any atom is -0.481 e. The van der Waals surface area contributed by atoms with Crippen LogP contribution in [-0.4, -0.2) is 30.8 Å². The molecule has 2 unspecified atom stereocenters. The zero-order valence-corrected chi connectivity index (χ0v) is 19.2. The van der Waals surface area contributed by atoms with Crippen LogP contribution < -0.4 is 4.72 Å². The Labute approximate surface area is 184 Å². The van der Waals surface area contributed by atoms with E-state index in [0.717, 1.165) is 38.5 Å². The quantitative estimate of drug-likeness (QED) is 0.596. The molecule has 7 heteroatoms. The van der Waals surface area contributed by atoms with E-state index in [2.05, 4.69) is 4.72 Å². The third-order valence-corrected chi connectivity index (χ3v) is 9.70. The maximum atomic E-state index is 13.3. The van der Waals surface area contributed by atoms with E-state index >= 15 is 0 Å². The van der Waals surface area contributed by atoms with Crippen molar-refractivity contribution in [1.29, 1.82) is 0 Å². The van der Waals surface area contributed by atoms with Crippen molar-refractivity contribution in [1.82, 2.24) is 4.72 Å². The number of hydrogen-bond acceptors (Lipinski definition) is 4. The molecule has 4 saturated carbocycles. The average molecular weight is 448 g/mol. The van der Waals surface area contributed by atoms with E-state index < -0.39 is 21.5 Å². The number of benzene rings is 1. The molecule has 31 heavy (non-hydrogen) atoms. The minimum atomic E-state index is -3.78. The van der Waals surface area contributed by atoms with Gasteiger partial charge < -0.3 is 5.11 Å². The van der Waals surface area contributed by atoms with E-state index in [-0.39, 0.29) is 28.4 Å². The van der Waals surface area contributed by atoms with Crippen molar-refractivity contribution in [3.05, 3.63) is 30.3 Å². The van der Waals surface area contributed by atoms with E-state index in [1.54, 1.807) is 32.0 Å². The van der Waals surface area contributed by atoms with Gasteiger partial charge in [-0.1, -0.05) is 18.2 Å². The molecule has 0 saturated heterocycles. The molecule has 4 fully saturated rings. The molecule has 0 amide bonds. The van der Waals surface area contributed by atoms with Crippen molar-refractivity contribution >= 4 is 21.8 Å². The molecule has 2 N–H and O–H groups in total. The highest BCUT2D eigenvalue weighted by molar-refractivity contribution is 7.89. The topological polar surface area (TPSA) is 101 Å². The number of sulfonamides is 1. The zero-order valence-electron chi connectivity index (χ0n) is 18.3. The van der Waals surface area contributed by atoms with E-state index in [1.807, 2.05) is 0 Å². The zero-order chi connectivity index (χ0) is 22.4. The number of rotatable bonds is 9. The van der Waals surface area contributed by atoms with Crippen LogP contribution in [0.3, 0.4) is 0 Å². The molecular formula is C24H33NO5S. The molecule has 0 aromatic heterocycles. The monoisotopic (exact) mass is 447 g/mol. The van der Waals surface area contributed by atoms with E-state index in [1.165, 1.54) is 12.1 Å². The highest BCUT2D eigenvalue weighted by atomic mass is 32.2. The second-order valence-electron chi connectivity index (χ2n) is 10.7. The van der Waals surface area contributed by atoms with Crippen LogP contribution in [0.15, 0.2) is 35.2 Å². The van der Waals surface area contributed by atoms with Crippen LogP contribution in [0.25, 0.3) is 0 Å². The van der Waals surface area contributed by atoms with Gasteiger partial charge in [-0.05, 0) is 93.6 Å². The maximum absolute atomic E-state index is 13.3. The molecule has 1 aromatic rings. The number of carbonyl (C=O) groups is 2.